The summed E-state index contributed by atoms with van der Waals surface area (Å²) in [7, 11) is -1.40. The Bertz CT molecular complexity index is 167. The van der Waals surface area contributed by atoms with Gasteiger partial charge in [0.2, 0.25) is 0 Å². The highest BCUT2D eigenvalue weighted by atomic mass is 35.6. The molecule has 0 rings (SSSR count). The standard InChI is InChI=1S/C11H23ClOSi/c1-5-14(12,6-2)9-7-8-13-10-11(3)4/h3,5-10H2,1-2,4H3. The lowest BCUT2D eigenvalue weighted by atomic mass is 10.4. The summed E-state index contributed by atoms with van der Waals surface area (Å²) in [6, 6.07) is 3.52. The Hall–Kier alpha value is 0.207. The van der Waals surface area contributed by atoms with E-state index in [0.29, 0.717) is 6.61 Å². The zero-order valence-electron chi connectivity index (χ0n) is 9.74. The van der Waals surface area contributed by atoms with Gasteiger partial charge in [0.05, 0.1) is 6.61 Å². The first kappa shape index (κ1) is 14.2. The van der Waals surface area contributed by atoms with Crippen LogP contribution in [0.15, 0.2) is 12.2 Å². The van der Waals surface area contributed by atoms with Crippen LogP contribution >= 0.6 is 11.1 Å². The molecule has 0 aliphatic heterocycles. The maximum atomic E-state index is 6.52. The molecule has 0 saturated heterocycles. The highest BCUT2D eigenvalue weighted by Crippen LogP contribution is 2.26. The van der Waals surface area contributed by atoms with Gasteiger partial charge < -0.3 is 4.74 Å². The summed E-state index contributed by atoms with van der Waals surface area (Å²) in [5.41, 5.74) is 1.09. The SMILES string of the molecule is C=C(C)COCCC[Si](Cl)(CC)CC. The summed E-state index contributed by atoms with van der Waals surface area (Å²) < 4.78 is 5.44. The number of ether oxygens (including phenoxy) is 1. The topological polar surface area (TPSA) is 9.23 Å². The second-order valence-electron chi connectivity index (χ2n) is 3.97. The first-order chi connectivity index (χ1) is 6.54. The minimum absolute atomic E-state index is 0.690. The molecule has 0 aromatic carbocycles. The highest BCUT2D eigenvalue weighted by Gasteiger charge is 2.25. The monoisotopic (exact) mass is 234 g/mol. The summed E-state index contributed by atoms with van der Waals surface area (Å²) in [4.78, 5) is 0. The van der Waals surface area contributed by atoms with Crippen LogP contribution in [0.4, 0.5) is 0 Å². The van der Waals surface area contributed by atoms with Gasteiger partial charge in [0.15, 0.2) is 7.38 Å². The predicted octanol–water partition coefficient (Wildman–Crippen LogP) is 4.19. The lowest BCUT2D eigenvalue weighted by Gasteiger charge is -2.20. The third kappa shape index (κ3) is 6.63. The van der Waals surface area contributed by atoms with Crippen LogP contribution in [0.3, 0.4) is 0 Å². The van der Waals surface area contributed by atoms with E-state index in [1.165, 1.54) is 18.1 Å². The summed E-state index contributed by atoms with van der Waals surface area (Å²) >= 11 is 6.52. The predicted molar refractivity (Wildman–Crippen MR) is 67.6 cm³/mol. The van der Waals surface area contributed by atoms with E-state index in [1.807, 2.05) is 6.92 Å². The molecule has 0 atom stereocenters. The molecule has 0 bridgehead atoms. The van der Waals surface area contributed by atoms with Crippen LogP contribution in [0.25, 0.3) is 0 Å². The molecule has 0 unspecified atom stereocenters. The van der Waals surface area contributed by atoms with Crippen molar-refractivity contribution in [1.82, 2.24) is 0 Å². The third-order valence-corrected chi connectivity index (χ3v) is 8.48. The molecule has 14 heavy (non-hydrogen) atoms. The quantitative estimate of drug-likeness (QED) is 0.265. The second kappa shape index (κ2) is 7.49. The molecule has 0 aromatic heterocycles. The van der Waals surface area contributed by atoms with E-state index in [0.717, 1.165) is 18.6 Å². The number of halogens is 1. The lowest BCUT2D eigenvalue weighted by Crippen LogP contribution is -2.24. The van der Waals surface area contributed by atoms with Gasteiger partial charge in [-0.3, -0.25) is 0 Å². The van der Waals surface area contributed by atoms with Crippen LogP contribution in [0.2, 0.25) is 18.1 Å². The van der Waals surface area contributed by atoms with Gasteiger partial charge in [-0.05, 0) is 31.5 Å². The van der Waals surface area contributed by atoms with Crippen molar-refractivity contribution < 1.29 is 4.74 Å². The van der Waals surface area contributed by atoms with E-state index in [1.54, 1.807) is 0 Å². The van der Waals surface area contributed by atoms with Gasteiger partial charge in [-0.25, -0.2) is 0 Å². The maximum Gasteiger partial charge on any atom is 0.156 e. The molecule has 0 N–H and O–H groups in total. The van der Waals surface area contributed by atoms with E-state index in [2.05, 4.69) is 20.4 Å². The van der Waals surface area contributed by atoms with E-state index in [9.17, 15) is 0 Å². The molecule has 0 aliphatic rings. The Morgan fingerprint density at radius 2 is 1.93 bits per heavy atom. The Balaban J connectivity index is 3.47. The molecule has 0 aliphatic carbocycles. The van der Waals surface area contributed by atoms with E-state index >= 15 is 0 Å². The molecule has 0 saturated carbocycles. The van der Waals surface area contributed by atoms with Gasteiger partial charge in [-0.15, -0.1) is 0 Å². The van der Waals surface area contributed by atoms with Gasteiger partial charge >= 0.3 is 0 Å². The van der Waals surface area contributed by atoms with Gasteiger partial charge in [-0.2, -0.15) is 11.1 Å². The van der Waals surface area contributed by atoms with Gasteiger partial charge in [0.25, 0.3) is 0 Å². The van der Waals surface area contributed by atoms with Crippen LogP contribution in [-0.2, 0) is 4.74 Å². The van der Waals surface area contributed by atoms with Crippen molar-refractivity contribution in [3.8, 4) is 0 Å². The van der Waals surface area contributed by atoms with Crippen LogP contribution in [0, 0.1) is 0 Å². The average Bonchev–Trinajstić information content (AvgIpc) is 2.16. The molecule has 0 aromatic rings. The lowest BCUT2D eigenvalue weighted by molar-refractivity contribution is 0.157. The van der Waals surface area contributed by atoms with E-state index < -0.39 is 7.38 Å². The number of rotatable bonds is 8. The van der Waals surface area contributed by atoms with Crippen molar-refractivity contribution in [2.45, 2.75) is 45.3 Å². The first-order valence-electron chi connectivity index (χ1n) is 5.45. The minimum Gasteiger partial charge on any atom is -0.377 e. The Morgan fingerprint density at radius 1 is 1.36 bits per heavy atom. The molecule has 0 radical (unpaired) electrons. The summed E-state index contributed by atoms with van der Waals surface area (Å²) in [6.07, 6.45) is 1.10. The number of hydrogen-bond acceptors (Lipinski definition) is 1. The van der Waals surface area contributed by atoms with Crippen molar-refractivity contribution in [2.24, 2.45) is 0 Å². The fourth-order valence-electron chi connectivity index (χ4n) is 1.34. The largest absolute Gasteiger partial charge is 0.377 e. The molecule has 0 fully saturated rings. The summed E-state index contributed by atoms with van der Waals surface area (Å²) in [6.45, 7) is 11.7. The molecule has 0 spiro atoms. The third-order valence-electron chi connectivity index (χ3n) is 2.53. The number of hydrogen-bond donors (Lipinski definition) is 0. The van der Waals surface area contributed by atoms with Crippen LogP contribution in [-0.4, -0.2) is 20.6 Å². The molecule has 84 valence electrons. The van der Waals surface area contributed by atoms with Crippen LogP contribution in [0.1, 0.15) is 27.2 Å². The average molecular weight is 235 g/mol. The first-order valence-corrected chi connectivity index (χ1v) is 9.08. The summed E-state index contributed by atoms with van der Waals surface area (Å²) in [5, 5.41) is 0. The Kier molecular flexibility index (Phi) is 7.60. The van der Waals surface area contributed by atoms with Crippen molar-refractivity contribution in [2.75, 3.05) is 13.2 Å². The molecular formula is C11H23ClOSi. The summed E-state index contributed by atoms with van der Waals surface area (Å²) in [5.74, 6) is 0. The molecular weight excluding hydrogens is 212 g/mol. The maximum absolute atomic E-state index is 6.52. The van der Waals surface area contributed by atoms with Crippen molar-refractivity contribution in [3.63, 3.8) is 0 Å². The normalized spacial score (nSPS) is 11.7. The molecule has 3 heteroatoms. The Labute approximate surface area is 94.2 Å². The van der Waals surface area contributed by atoms with Gasteiger partial charge in [0.1, 0.15) is 0 Å². The zero-order valence-corrected chi connectivity index (χ0v) is 11.5. The van der Waals surface area contributed by atoms with Crippen molar-refractivity contribution >= 4 is 18.5 Å². The molecule has 1 nitrogen and oxygen atoms in total. The molecule has 0 heterocycles. The van der Waals surface area contributed by atoms with E-state index in [4.69, 9.17) is 15.8 Å². The van der Waals surface area contributed by atoms with Crippen LogP contribution < -0.4 is 0 Å². The highest BCUT2D eigenvalue weighted by molar-refractivity contribution is 7.20. The smallest absolute Gasteiger partial charge is 0.156 e. The fraction of sp³-hybridized carbons (Fsp3) is 0.818. The molecule has 0 amide bonds. The Morgan fingerprint density at radius 3 is 2.36 bits per heavy atom. The second-order valence-corrected chi connectivity index (χ2v) is 10.6. The van der Waals surface area contributed by atoms with Crippen molar-refractivity contribution in [3.05, 3.63) is 12.2 Å². The zero-order chi connectivity index (χ0) is 11.0. The van der Waals surface area contributed by atoms with E-state index in [-0.39, 0.29) is 0 Å². The minimum atomic E-state index is -1.40. The van der Waals surface area contributed by atoms with Gasteiger partial charge in [-0.1, -0.05) is 26.0 Å². The van der Waals surface area contributed by atoms with Crippen molar-refractivity contribution in [1.29, 1.82) is 0 Å². The fourth-order valence-corrected chi connectivity index (χ4v) is 3.73. The van der Waals surface area contributed by atoms with Crippen LogP contribution in [0.5, 0.6) is 0 Å². The van der Waals surface area contributed by atoms with Gasteiger partial charge in [0, 0.05) is 6.61 Å².